The molecule has 7 nitrogen and oxygen atoms in total. The SMILES string of the molecule is O=C(O)c1ccc2nc(-n3cn[nH]c3=O)sc2c1. The van der Waals surface area contributed by atoms with Crippen LogP contribution in [0, 0.1) is 0 Å². The van der Waals surface area contributed by atoms with Crippen LogP contribution in [-0.2, 0) is 0 Å². The predicted molar refractivity (Wildman–Crippen MR) is 64.3 cm³/mol. The minimum absolute atomic E-state index is 0.192. The zero-order valence-corrected chi connectivity index (χ0v) is 9.64. The highest BCUT2D eigenvalue weighted by Gasteiger charge is 2.10. The molecule has 0 aliphatic heterocycles. The number of carbonyl (C=O) groups is 1. The summed E-state index contributed by atoms with van der Waals surface area (Å²) in [4.78, 5) is 26.5. The van der Waals surface area contributed by atoms with E-state index in [0.29, 0.717) is 15.3 Å². The molecule has 0 aliphatic rings. The van der Waals surface area contributed by atoms with Gasteiger partial charge >= 0.3 is 11.7 Å². The van der Waals surface area contributed by atoms with Crippen LogP contribution in [0.25, 0.3) is 15.3 Å². The van der Waals surface area contributed by atoms with Gasteiger partial charge in [0.05, 0.1) is 15.8 Å². The van der Waals surface area contributed by atoms with E-state index in [4.69, 9.17) is 5.11 Å². The van der Waals surface area contributed by atoms with Gasteiger partial charge in [0, 0.05) is 0 Å². The summed E-state index contributed by atoms with van der Waals surface area (Å²) < 4.78 is 1.98. The van der Waals surface area contributed by atoms with Gasteiger partial charge in [-0.3, -0.25) is 0 Å². The Bertz CT molecular complexity index is 801. The van der Waals surface area contributed by atoms with E-state index in [-0.39, 0.29) is 11.3 Å². The third-order valence-electron chi connectivity index (χ3n) is 2.38. The summed E-state index contributed by atoms with van der Waals surface area (Å²) in [5, 5.41) is 15.2. The van der Waals surface area contributed by atoms with Gasteiger partial charge in [-0.15, -0.1) is 0 Å². The lowest BCUT2D eigenvalue weighted by molar-refractivity contribution is 0.0697. The molecule has 2 N–H and O–H groups in total. The molecule has 0 aliphatic carbocycles. The number of nitrogens with one attached hydrogen (secondary N) is 1. The molecule has 3 aromatic rings. The monoisotopic (exact) mass is 262 g/mol. The molecule has 0 atom stereocenters. The Hall–Kier alpha value is -2.48. The smallest absolute Gasteiger partial charge is 0.349 e. The number of aromatic carboxylic acids is 1. The van der Waals surface area contributed by atoms with Gasteiger partial charge in [-0.25, -0.2) is 24.2 Å². The second-order valence-corrected chi connectivity index (χ2v) is 4.52. The molecule has 0 fully saturated rings. The lowest BCUT2D eigenvalue weighted by Gasteiger charge is -1.91. The molecule has 2 heterocycles. The van der Waals surface area contributed by atoms with E-state index >= 15 is 0 Å². The van der Waals surface area contributed by atoms with Gasteiger partial charge in [0.1, 0.15) is 6.33 Å². The number of hydrogen-bond acceptors (Lipinski definition) is 5. The summed E-state index contributed by atoms with van der Waals surface area (Å²) in [6.07, 6.45) is 1.33. The number of fused-ring (bicyclic) bond motifs is 1. The molecule has 0 spiro atoms. The molecule has 3 rings (SSSR count). The van der Waals surface area contributed by atoms with Crippen LogP contribution in [0.5, 0.6) is 0 Å². The molecule has 0 unspecified atom stereocenters. The summed E-state index contributed by atoms with van der Waals surface area (Å²) in [5.41, 5.74) is 0.456. The molecular formula is C10H6N4O3S. The highest BCUT2D eigenvalue weighted by molar-refractivity contribution is 7.20. The van der Waals surface area contributed by atoms with Crippen LogP contribution < -0.4 is 5.69 Å². The van der Waals surface area contributed by atoms with Gasteiger partial charge in [0.2, 0.25) is 0 Å². The summed E-state index contributed by atoms with van der Waals surface area (Å²) in [6, 6.07) is 4.63. The van der Waals surface area contributed by atoms with Crippen molar-refractivity contribution in [3.63, 3.8) is 0 Å². The van der Waals surface area contributed by atoms with E-state index in [1.54, 1.807) is 6.07 Å². The first-order valence-electron chi connectivity index (χ1n) is 4.91. The number of H-pyrrole nitrogens is 1. The minimum atomic E-state index is -0.993. The number of benzene rings is 1. The van der Waals surface area contributed by atoms with Crippen molar-refractivity contribution in [1.82, 2.24) is 19.7 Å². The fourth-order valence-corrected chi connectivity index (χ4v) is 2.51. The van der Waals surface area contributed by atoms with E-state index in [1.807, 2.05) is 0 Å². The average Bonchev–Trinajstić information content (AvgIpc) is 2.92. The van der Waals surface area contributed by atoms with Crippen molar-refractivity contribution in [2.75, 3.05) is 0 Å². The first kappa shape index (κ1) is 10.7. The topological polar surface area (TPSA) is 101 Å². The van der Waals surface area contributed by atoms with Crippen LogP contribution in [0.2, 0.25) is 0 Å². The van der Waals surface area contributed by atoms with Gasteiger partial charge in [0.15, 0.2) is 5.13 Å². The van der Waals surface area contributed by atoms with Crippen LogP contribution in [0.1, 0.15) is 10.4 Å². The van der Waals surface area contributed by atoms with Crippen LogP contribution >= 0.6 is 11.3 Å². The molecule has 0 saturated carbocycles. The molecule has 0 amide bonds. The van der Waals surface area contributed by atoms with Crippen LogP contribution in [0.3, 0.4) is 0 Å². The Morgan fingerprint density at radius 3 is 2.94 bits per heavy atom. The van der Waals surface area contributed by atoms with E-state index in [0.717, 1.165) is 0 Å². The number of carboxylic acid groups (broad SMARTS) is 1. The van der Waals surface area contributed by atoms with Crippen molar-refractivity contribution in [3.05, 3.63) is 40.6 Å². The van der Waals surface area contributed by atoms with Gasteiger partial charge in [-0.05, 0) is 18.2 Å². The fraction of sp³-hybridized carbons (Fsp3) is 0. The number of aromatic amines is 1. The normalized spacial score (nSPS) is 10.9. The summed E-state index contributed by atoms with van der Waals surface area (Å²) >= 11 is 1.23. The first-order valence-corrected chi connectivity index (χ1v) is 5.73. The van der Waals surface area contributed by atoms with Crippen molar-refractivity contribution in [1.29, 1.82) is 0 Å². The van der Waals surface area contributed by atoms with Crippen molar-refractivity contribution < 1.29 is 9.90 Å². The molecule has 90 valence electrons. The Morgan fingerprint density at radius 2 is 2.28 bits per heavy atom. The number of rotatable bonds is 2. The summed E-state index contributed by atoms with van der Waals surface area (Å²) in [6.45, 7) is 0. The minimum Gasteiger partial charge on any atom is -0.478 e. The second-order valence-electron chi connectivity index (χ2n) is 3.52. The van der Waals surface area contributed by atoms with Crippen LogP contribution in [0.4, 0.5) is 0 Å². The largest absolute Gasteiger partial charge is 0.478 e. The second kappa shape index (κ2) is 3.77. The first-order chi connectivity index (χ1) is 8.65. The molecule has 8 heteroatoms. The Kier molecular flexibility index (Phi) is 2.23. The van der Waals surface area contributed by atoms with Crippen molar-refractivity contribution >= 4 is 27.5 Å². The Labute approximate surface area is 103 Å². The molecule has 0 bridgehead atoms. The van der Waals surface area contributed by atoms with E-state index in [9.17, 15) is 9.59 Å². The molecule has 0 radical (unpaired) electrons. The highest BCUT2D eigenvalue weighted by Crippen LogP contribution is 2.24. The van der Waals surface area contributed by atoms with Crippen molar-refractivity contribution in [3.8, 4) is 5.13 Å². The lowest BCUT2D eigenvalue weighted by atomic mass is 10.2. The zero-order valence-electron chi connectivity index (χ0n) is 8.82. The predicted octanol–water partition coefficient (Wildman–Crippen LogP) is 0.868. The van der Waals surface area contributed by atoms with Gasteiger partial charge in [0.25, 0.3) is 0 Å². The van der Waals surface area contributed by atoms with Crippen LogP contribution in [0.15, 0.2) is 29.3 Å². The van der Waals surface area contributed by atoms with Gasteiger partial charge in [-0.1, -0.05) is 11.3 Å². The molecule has 2 aromatic heterocycles. The summed E-state index contributed by atoms with van der Waals surface area (Å²) in [5.74, 6) is -0.993. The third kappa shape index (κ3) is 1.59. The highest BCUT2D eigenvalue weighted by atomic mass is 32.1. The molecule has 1 aromatic carbocycles. The van der Waals surface area contributed by atoms with Crippen molar-refractivity contribution in [2.24, 2.45) is 0 Å². The van der Waals surface area contributed by atoms with Crippen LogP contribution in [-0.4, -0.2) is 30.8 Å². The van der Waals surface area contributed by atoms with E-state index < -0.39 is 5.97 Å². The number of carboxylic acids is 1. The molecular weight excluding hydrogens is 256 g/mol. The van der Waals surface area contributed by atoms with E-state index in [1.165, 1.54) is 34.4 Å². The maximum atomic E-state index is 11.4. The number of nitrogens with zero attached hydrogens (tertiary/aromatic N) is 3. The van der Waals surface area contributed by atoms with Gasteiger partial charge in [-0.2, -0.15) is 5.10 Å². The molecule has 18 heavy (non-hydrogen) atoms. The zero-order chi connectivity index (χ0) is 12.7. The van der Waals surface area contributed by atoms with Crippen molar-refractivity contribution in [2.45, 2.75) is 0 Å². The summed E-state index contributed by atoms with van der Waals surface area (Å²) in [7, 11) is 0. The third-order valence-corrected chi connectivity index (χ3v) is 3.40. The number of hydrogen-bond donors (Lipinski definition) is 2. The van der Waals surface area contributed by atoms with E-state index in [2.05, 4.69) is 15.2 Å². The quantitative estimate of drug-likeness (QED) is 0.713. The maximum Gasteiger partial charge on any atom is 0.349 e. The number of thiazole rings is 1. The Balaban J connectivity index is 2.20. The maximum absolute atomic E-state index is 11.4. The Morgan fingerprint density at radius 1 is 1.44 bits per heavy atom. The molecule has 0 saturated heterocycles. The number of aromatic nitrogens is 4. The average molecular weight is 262 g/mol. The standard InChI is InChI=1S/C10H6N4O3S/c15-8(16)5-1-2-6-7(3-5)18-10(12-6)14-4-11-13-9(14)17/h1-4H,(H,13,17)(H,15,16). The lowest BCUT2D eigenvalue weighted by Crippen LogP contribution is -2.13. The van der Waals surface area contributed by atoms with Gasteiger partial charge < -0.3 is 5.11 Å². The fourth-order valence-electron chi connectivity index (χ4n) is 1.53.